The fraction of sp³-hybridized carbons (Fsp3) is 0. The summed E-state index contributed by atoms with van der Waals surface area (Å²) >= 11 is 0. The van der Waals surface area contributed by atoms with Crippen LogP contribution in [0.4, 0.5) is 0 Å². The Kier molecular flexibility index (Phi) is 2.75. The number of nitrogens with zero attached hydrogens (tertiary/aromatic N) is 2. The molecule has 0 unspecified atom stereocenters. The van der Waals surface area contributed by atoms with Gasteiger partial charge in [-0.05, 0) is 24.3 Å². The minimum absolute atomic E-state index is 0.873. The largest absolute Gasteiger partial charge is 0.338 e. The van der Waals surface area contributed by atoms with E-state index in [9.17, 15) is 0 Å². The summed E-state index contributed by atoms with van der Waals surface area (Å²) in [7, 11) is 0. The third-order valence-corrected chi connectivity index (χ3v) is 3.51. The first kappa shape index (κ1) is 11.9. The predicted octanol–water partition coefficient (Wildman–Crippen LogP) is 4.29. The lowest BCUT2D eigenvalue weighted by molar-refractivity contribution is 1.30. The molecule has 0 saturated heterocycles. The average molecular weight is 271 g/mol. The first-order valence-electron chi connectivity index (χ1n) is 6.87. The summed E-state index contributed by atoms with van der Waals surface area (Å²) in [5, 5.41) is 0. The van der Waals surface area contributed by atoms with Gasteiger partial charge in [0.15, 0.2) is 0 Å². The zero-order valence-corrected chi connectivity index (χ0v) is 11.3. The smallest absolute Gasteiger partial charge is 0.139 e. The second-order valence-electron chi connectivity index (χ2n) is 4.86. The molecule has 21 heavy (non-hydrogen) atoms. The van der Waals surface area contributed by atoms with E-state index in [1.807, 2.05) is 60.8 Å². The van der Waals surface area contributed by atoms with E-state index in [-0.39, 0.29) is 0 Å². The molecule has 0 fully saturated rings. The van der Waals surface area contributed by atoms with Crippen LogP contribution in [0.2, 0.25) is 0 Å². The van der Waals surface area contributed by atoms with Crippen LogP contribution < -0.4 is 0 Å². The molecule has 4 rings (SSSR count). The Bertz CT molecular complexity index is 861. The molecule has 0 saturated carbocycles. The second kappa shape index (κ2) is 4.87. The van der Waals surface area contributed by atoms with Crippen LogP contribution in [0.3, 0.4) is 0 Å². The van der Waals surface area contributed by atoms with Crippen LogP contribution in [0.15, 0.2) is 72.9 Å². The molecule has 1 N–H and O–H groups in total. The van der Waals surface area contributed by atoms with Gasteiger partial charge in [0, 0.05) is 17.3 Å². The molecule has 2 aromatic heterocycles. The van der Waals surface area contributed by atoms with Crippen molar-refractivity contribution in [3.63, 3.8) is 0 Å². The number of imidazole rings is 1. The van der Waals surface area contributed by atoms with Gasteiger partial charge in [-0.3, -0.25) is 4.98 Å². The molecule has 3 heteroatoms. The maximum absolute atomic E-state index is 4.69. The van der Waals surface area contributed by atoms with Gasteiger partial charge < -0.3 is 4.98 Å². The third kappa shape index (κ3) is 2.09. The molecule has 3 nitrogen and oxygen atoms in total. The van der Waals surface area contributed by atoms with Crippen LogP contribution in [-0.2, 0) is 0 Å². The Morgan fingerprint density at radius 2 is 1.48 bits per heavy atom. The zero-order valence-electron chi connectivity index (χ0n) is 11.3. The van der Waals surface area contributed by atoms with E-state index in [0.717, 1.165) is 33.7 Å². The number of rotatable bonds is 2. The Balaban J connectivity index is 1.93. The van der Waals surface area contributed by atoms with Crippen molar-refractivity contribution in [1.82, 2.24) is 15.0 Å². The molecule has 0 radical (unpaired) electrons. The van der Waals surface area contributed by atoms with Crippen molar-refractivity contribution in [2.75, 3.05) is 0 Å². The van der Waals surface area contributed by atoms with E-state index in [4.69, 9.17) is 0 Å². The normalized spacial score (nSPS) is 10.9. The molecule has 0 amide bonds. The summed E-state index contributed by atoms with van der Waals surface area (Å²) in [6.07, 6.45) is 1.81. The van der Waals surface area contributed by atoms with E-state index < -0.39 is 0 Å². The summed E-state index contributed by atoms with van der Waals surface area (Å²) in [6.45, 7) is 0. The number of hydrogen-bond donors (Lipinski definition) is 1. The summed E-state index contributed by atoms with van der Waals surface area (Å²) in [5.41, 5.74) is 5.12. The van der Waals surface area contributed by atoms with Crippen molar-refractivity contribution in [3.8, 4) is 22.6 Å². The molecule has 0 bridgehead atoms. The quantitative estimate of drug-likeness (QED) is 0.591. The van der Waals surface area contributed by atoms with E-state index in [0.29, 0.717) is 0 Å². The molecule has 0 spiro atoms. The maximum Gasteiger partial charge on any atom is 0.139 e. The number of aromatic amines is 1. The Morgan fingerprint density at radius 3 is 2.29 bits per heavy atom. The van der Waals surface area contributed by atoms with Gasteiger partial charge in [-0.25, -0.2) is 4.98 Å². The first-order valence-corrected chi connectivity index (χ1v) is 6.87. The van der Waals surface area contributed by atoms with Gasteiger partial charge in [-0.2, -0.15) is 0 Å². The van der Waals surface area contributed by atoms with Gasteiger partial charge in [0.25, 0.3) is 0 Å². The Labute approximate surface area is 122 Å². The van der Waals surface area contributed by atoms with Crippen molar-refractivity contribution in [2.24, 2.45) is 0 Å². The minimum Gasteiger partial charge on any atom is -0.338 e. The molecule has 2 heterocycles. The standard InChI is InChI=1S/C18H13N3/c1-2-8-14(13(7-1)15-9-5-6-12-19-15)18-20-16-10-3-4-11-17(16)21-18/h1-12H,(H,20,21). The molecule has 4 aromatic rings. The topological polar surface area (TPSA) is 41.6 Å². The second-order valence-corrected chi connectivity index (χ2v) is 4.86. The molecule has 0 aliphatic heterocycles. The van der Waals surface area contributed by atoms with Gasteiger partial charge in [0.1, 0.15) is 5.82 Å². The SMILES string of the molecule is c1ccc(-c2ccccc2-c2nc3ccccc3[nH]2)nc1. The summed E-state index contributed by atoms with van der Waals surface area (Å²) in [4.78, 5) is 12.5. The van der Waals surface area contributed by atoms with E-state index >= 15 is 0 Å². The van der Waals surface area contributed by atoms with Gasteiger partial charge in [-0.15, -0.1) is 0 Å². The van der Waals surface area contributed by atoms with Gasteiger partial charge in [0.2, 0.25) is 0 Å². The molecular weight excluding hydrogens is 258 g/mol. The number of pyridine rings is 1. The molecule has 0 atom stereocenters. The Morgan fingerprint density at radius 1 is 0.714 bits per heavy atom. The van der Waals surface area contributed by atoms with Crippen molar-refractivity contribution < 1.29 is 0 Å². The highest BCUT2D eigenvalue weighted by Gasteiger charge is 2.11. The van der Waals surface area contributed by atoms with Gasteiger partial charge in [-0.1, -0.05) is 42.5 Å². The van der Waals surface area contributed by atoms with Crippen LogP contribution in [-0.4, -0.2) is 15.0 Å². The number of benzene rings is 2. The van der Waals surface area contributed by atoms with Gasteiger partial charge in [0.05, 0.1) is 16.7 Å². The molecule has 2 aromatic carbocycles. The minimum atomic E-state index is 0.873. The summed E-state index contributed by atoms with van der Waals surface area (Å²) in [5.74, 6) is 0.873. The molecule has 100 valence electrons. The van der Waals surface area contributed by atoms with Crippen LogP contribution in [0.25, 0.3) is 33.7 Å². The zero-order chi connectivity index (χ0) is 14.1. The van der Waals surface area contributed by atoms with Crippen molar-refractivity contribution in [2.45, 2.75) is 0 Å². The summed E-state index contributed by atoms with van der Waals surface area (Å²) in [6, 6.07) is 22.2. The van der Waals surface area contributed by atoms with Gasteiger partial charge >= 0.3 is 0 Å². The van der Waals surface area contributed by atoms with Crippen LogP contribution in [0.5, 0.6) is 0 Å². The van der Waals surface area contributed by atoms with Crippen molar-refractivity contribution >= 4 is 11.0 Å². The van der Waals surface area contributed by atoms with Crippen LogP contribution >= 0.6 is 0 Å². The lowest BCUT2D eigenvalue weighted by Gasteiger charge is -2.06. The average Bonchev–Trinajstić information content (AvgIpc) is 2.99. The number of para-hydroxylation sites is 2. The van der Waals surface area contributed by atoms with E-state index in [1.54, 1.807) is 0 Å². The van der Waals surface area contributed by atoms with Crippen LogP contribution in [0.1, 0.15) is 0 Å². The molecular formula is C18H13N3. The fourth-order valence-electron chi connectivity index (χ4n) is 2.52. The fourth-order valence-corrected chi connectivity index (χ4v) is 2.52. The van der Waals surface area contributed by atoms with Crippen molar-refractivity contribution in [3.05, 3.63) is 72.9 Å². The number of fused-ring (bicyclic) bond motifs is 1. The lowest BCUT2D eigenvalue weighted by Crippen LogP contribution is -1.88. The monoisotopic (exact) mass is 271 g/mol. The maximum atomic E-state index is 4.69. The van der Waals surface area contributed by atoms with Crippen LogP contribution in [0, 0.1) is 0 Å². The van der Waals surface area contributed by atoms with E-state index in [1.165, 1.54) is 0 Å². The number of hydrogen-bond acceptors (Lipinski definition) is 2. The number of nitrogens with one attached hydrogen (secondary N) is 1. The molecule has 0 aliphatic carbocycles. The number of H-pyrrole nitrogens is 1. The third-order valence-electron chi connectivity index (χ3n) is 3.51. The van der Waals surface area contributed by atoms with E-state index in [2.05, 4.69) is 27.1 Å². The number of aromatic nitrogens is 3. The highest BCUT2D eigenvalue weighted by atomic mass is 14.9. The highest BCUT2D eigenvalue weighted by Crippen LogP contribution is 2.30. The Hall–Kier alpha value is -2.94. The first-order chi connectivity index (χ1) is 10.4. The lowest BCUT2D eigenvalue weighted by atomic mass is 10.0. The summed E-state index contributed by atoms with van der Waals surface area (Å²) < 4.78 is 0. The predicted molar refractivity (Wildman–Crippen MR) is 84.8 cm³/mol. The molecule has 0 aliphatic rings. The highest BCUT2D eigenvalue weighted by molar-refractivity contribution is 5.84. The van der Waals surface area contributed by atoms with Crippen molar-refractivity contribution in [1.29, 1.82) is 0 Å².